The molecule has 0 aromatic rings. The third kappa shape index (κ3) is 2.88. The topological polar surface area (TPSA) is 9.72 Å². The Morgan fingerprint density at radius 1 is 1.00 bits per heavy atom. The molecule has 0 aromatic carbocycles. The third-order valence-corrected chi connectivity index (χ3v) is 5.65. The second kappa shape index (κ2) is 5.94. The predicted molar refractivity (Wildman–Crippen MR) is 80.4 cm³/mol. The molecule has 0 spiro atoms. The summed E-state index contributed by atoms with van der Waals surface area (Å²) in [6.45, 7) is 10.1. The Morgan fingerprint density at radius 2 is 1.63 bits per heavy atom. The van der Waals surface area contributed by atoms with Gasteiger partial charge in [-0.1, -0.05) is 6.08 Å². The number of hydrogen-bond donors (Lipinski definition) is 0. The first kappa shape index (κ1) is 13.6. The van der Waals surface area contributed by atoms with Gasteiger partial charge in [0.05, 0.1) is 0 Å². The second-order valence-electron chi connectivity index (χ2n) is 6.63. The Labute approximate surface area is 118 Å². The molecule has 2 bridgehead atoms. The van der Waals surface area contributed by atoms with Crippen LogP contribution < -0.4 is 0 Å². The molecule has 3 nitrogen and oxygen atoms in total. The number of rotatable bonds is 4. The van der Waals surface area contributed by atoms with Gasteiger partial charge in [0.2, 0.25) is 0 Å². The number of nitrogens with zero attached hydrogens (tertiary/aromatic N) is 3. The van der Waals surface area contributed by atoms with Crippen molar-refractivity contribution in [3.63, 3.8) is 0 Å². The smallest absolute Gasteiger partial charge is 0.0126 e. The Kier molecular flexibility index (Phi) is 4.25. The Hall–Kier alpha value is -0.380. The first-order valence-electron chi connectivity index (χ1n) is 8.07. The summed E-state index contributed by atoms with van der Waals surface area (Å²) < 4.78 is 0. The highest BCUT2D eigenvalue weighted by molar-refractivity contribution is 4.97. The molecule has 0 aliphatic carbocycles. The lowest BCUT2D eigenvalue weighted by Crippen LogP contribution is -2.55. The van der Waals surface area contributed by atoms with E-state index in [1.807, 2.05) is 6.08 Å². The minimum absolute atomic E-state index is 0.871. The van der Waals surface area contributed by atoms with Gasteiger partial charge >= 0.3 is 0 Å². The van der Waals surface area contributed by atoms with Crippen LogP contribution in [0, 0.1) is 0 Å². The molecule has 3 saturated heterocycles. The largest absolute Gasteiger partial charge is 0.300 e. The van der Waals surface area contributed by atoms with Gasteiger partial charge in [0.15, 0.2) is 0 Å². The SMILES string of the molecule is C=CCCN1CCN(C2C[C@@H]3CC[C@@H](C2)N3C)CC1. The maximum atomic E-state index is 3.82. The molecule has 3 fully saturated rings. The van der Waals surface area contributed by atoms with Gasteiger partial charge in [-0.2, -0.15) is 0 Å². The van der Waals surface area contributed by atoms with Gasteiger partial charge in [0.25, 0.3) is 0 Å². The molecule has 0 unspecified atom stereocenters. The average Bonchev–Trinajstić information content (AvgIpc) is 2.68. The van der Waals surface area contributed by atoms with E-state index in [4.69, 9.17) is 0 Å². The van der Waals surface area contributed by atoms with Crippen LogP contribution in [0.1, 0.15) is 32.1 Å². The molecule has 108 valence electrons. The van der Waals surface area contributed by atoms with E-state index in [-0.39, 0.29) is 0 Å². The molecule has 2 atom stereocenters. The van der Waals surface area contributed by atoms with Crippen molar-refractivity contribution >= 4 is 0 Å². The Morgan fingerprint density at radius 3 is 2.21 bits per heavy atom. The molecule has 3 aliphatic heterocycles. The van der Waals surface area contributed by atoms with Crippen molar-refractivity contribution in [2.24, 2.45) is 0 Å². The number of hydrogen-bond acceptors (Lipinski definition) is 3. The highest BCUT2D eigenvalue weighted by atomic mass is 15.3. The van der Waals surface area contributed by atoms with Crippen LogP contribution in [0.5, 0.6) is 0 Å². The van der Waals surface area contributed by atoms with Crippen LogP contribution in [0.2, 0.25) is 0 Å². The summed E-state index contributed by atoms with van der Waals surface area (Å²) in [5.74, 6) is 0. The van der Waals surface area contributed by atoms with E-state index in [1.54, 1.807) is 0 Å². The standard InChI is InChI=1S/C16H29N3/c1-3-4-7-18-8-10-19(11-9-18)16-12-14-5-6-15(13-16)17(14)2/h3,14-16H,1,4-13H2,2H3/t14-,15-/m0/s1. The van der Waals surface area contributed by atoms with Crippen LogP contribution in [-0.2, 0) is 0 Å². The summed E-state index contributed by atoms with van der Waals surface area (Å²) >= 11 is 0. The van der Waals surface area contributed by atoms with Crippen molar-refractivity contribution in [2.45, 2.75) is 50.2 Å². The van der Waals surface area contributed by atoms with Crippen molar-refractivity contribution in [3.05, 3.63) is 12.7 Å². The summed E-state index contributed by atoms with van der Waals surface area (Å²) in [5.41, 5.74) is 0. The molecule has 0 radical (unpaired) electrons. The molecular formula is C16H29N3. The lowest BCUT2D eigenvalue weighted by atomic mass is 9.96. The maximum Gasteiger partial charge on any atom is 0.0126 e. The predicted octanol–water partition coefficient (Wildman–Crippen LogP) is 1.81. The molecule has 0 aromatic heterocycles. The molecule has 0 N–H and O–H groups in total. The van der Waals surface area contributed by atoms with E-state index < -0.39 is 0 Å². The second-order valence-corrected chi connectivity index (χ2v) is 6.63. The normalized spacial score (nSPS) is 37.6. The molecule has 3 aliphatic rings. The first-order valence-corrected chi connectivity index (χ1v) is 8.07. The van der Waals surface area contributed by atoms with Gasteiger partial charge in [-0.05, 0) is 39.2 Å². The van der Waals surface area contributed by atoms with Gasteiger partial charge in [0, 0.05) is 50.8 Å². The van der Waals surface area contributed by atoms with Crippen LogP contribution in [-0.4, -0.2) is 72.6 Å². The molecule has 0 saturated carbocycles. The van der Waals surface area contributed by atoms with Crippen molar-refractivity contribution in [2.75, 3.05) is 39.8 Å². The highest BCUT2D eigenvalue weighted by Gasteiger charge is 2.40. The van der Waals surface area contributed by atoms with E-state index in [1.165, 1.54) is 58.4 Å². The molecule has 3 heterocycles. The Balaban J connectivity index is 1.48. The molecule has 3 rings (SSSR count). The van der Waals surface area contributed by atoms with Crippen LogP contribution in [0.3, 0.4) is 0 Å². The maximum absolute atomic E-state index is 3.82. The summed E-state index contributed by atoms with van der Waals surface area (Å²) in [6.07, 6.45) is 8.90. The van der Waals surface area contributed by atoms with Gasteiger partial charge in [0.1, 0.15) is 0 Å². The van der Waals surface area contributed by atoms with E-state index in [0.717, 1.165) is 24.5 Å². The minimum Gasteiger partial charge on any atom is -0.300 e. The zero-order valence-corrected chi connectivity index (χ0v) is 12.4. The van der Waals surface area contributed by atoms with Crippen molar-refractivity contribution < 1.29 is 0 Å². The van der Waals surface area contributed by atoms with Gasteiger partial charge < -0.3 is 9.80 Å². The Bertz CT molecular complexity index is 295. The summed E-state index contributed by atoms with van der Waals surface area (Å²) in [7, 11) is 2.34. The van der Waals surface area contributed by atoms with E-state index >= 15 is 0 Å². The van der Waals surface area contributed by atoms with Crippen molar-refractivity contribution in [1.82, 2.24) is 14.7 Å². The fraction of sp³-hybridized carbons (Fsp3) is 0.875. The third-order valence-electron chi connectivity index (χ3n) is 5.65. The van der Waals surface area contributed by atoms with Crippen LogP contribution >= 0.6 is 0 Å². The first-order chi connectivity index (χ1) is 9.28. The van der Waals surface area contributed by atoms with Crippen molar-refractivity contribution in [1.29, 1.82) is 0 Å². The zero-order valence-electron chi connectivity index (χ0n) is 12.4. The monoisotopic (exact) mass is 263 g/mol. The summed E-state index contributed by atoms with van der Waals surface area (Å²) in [4.78, 5) is 8.03. The van der Waals surface area contributed by atoms with Crippen LogP contribution in [0.15, 0.2) is 12.7 Å². The quantitative estimate of drug-likeness (QED) is 0.716. The fourth-order valence-corrected chi connectivity index (χ4v) is 4.31. The van der Waals surface area contributed by atoms with E-state index in [2.05, 4.69) is 28.3 Å². The average molecular weight is 263 g/mol. The summed E-state index contributed by atoms with van der Waals surface area (Å²) in [5, 5.41) is 0. The van der Waals surface area contributed by atoms with Gasteiger partial charge in [-0.25, -0.2) is 0 Å². The lowest BCUT2D eigenvalue weighted by Gasteiger charge is -2.45. The molecule has 0 amide bonds. The number of piperidine rings is 1. The number of piperazine rings is 1. The number of fused-ring (bicyclic) bond motifs is 2. The summed E-state index contributed by atoms with van der Waals surface area (Å²) in [6, 6.07) is 2.63. The highest BCUT2D eigenvalue weighted by Crippen LogP contribution is 2.36. The van der Waals surface area contributed by atoms with E-state index in [9.17, 15) is 0 Å². The van der Waals surface area contributed by atoms with Crippen molar-refractivity contribution in [3.8, 4) is 0 Å². The molecule has 19 heavy (non-hydrogen) atoms. The zero-order chi connectivity index (χ0) is 13.2. The van der Waals surface area contributed by atoms with Gasteiger partial charge in [-0.3, -0.25) is 4.90 Å². The van der Waals surface area contributed by atoms with Crippen LogP contribution in [0.4, 0.5) is 0 Å². The van der Waals surface area contributed by atoms with Crippen LogP contribution in [0.25, 0.3) is 0 Å². The fourth-order valence-electron chi connectivity index (χ4n) is 4.31. The molecule has 3 heteroatoms. The lowest BCUT2D eigenvalue weighted by molar-refractivity contribution is 0.0404. The molecular weight excluding hydrogens is 234 g/mol. The van der Waals surface area contributed by atoms with E-state index in [0.29, 0.717) is 0 Å². The minimum atomic E-state index is 0.871. The van der Waals surface area contributed by atoms with Gasteiger partial charge in [-0.15, -0.1) is 6.58 Å².